The largest absolute Gasteiger partial charge is 0.497 e. The monoisotopic (exact) mass is 263 g/mol. The minimum Gasteiger partial charge on any atom is -0.497 e. The molecule has 4 nitrogen and oxygen atoms in total. The number of halogens is 1. The second kappa shape index (κ2) is 5.80. The molecule has 18 heavy (non-hydrogen) atoms. The Kier molecular flexibility index (Phi) is 4.12. The van der Waals surface area contributed by atoms with Crippen LogP contribution in [0, 0.1) is 0 Å². The van der Waals surface area contributed by atoms with Crippen molar-refractivity contribution in [1.82, 2.24) is 9.97 Å². The molecule has 0 bridgehead atoms. The van der Waals surface area contributed by atoms with Gasteiger partial charge in [0.1, 0.15) is 11.6 Å². The molecule has 2 rings (SSSR count). The van der Waals surface area contributed by atoms with Gasteiger partial charge in [-0.2, -0.15) is 0 Å². The molecule has 1 heterocycles. The van der Waals surface area contributed by atoms with Crippen molar-refractivity contribution in [3.63, 3.8) is 0 Å². The highest BCUT2D eigenvalue weighted by atomic mass is 35.5. The first-order valence-corrected chi connectivity index (χ1v) is 5.94. The number of aromatic nitrogens is 2. The van der Waals surface area contributed by atoms with Crippen LogP contribution in [0.1, 0.15) is 17.3 Å². The Morgan fingerprint density at radius 3 is 2.61 bits per heavy atom. The van der Waals surface area contributed by atoms with Crippen LogP contribution in [0.2, 0.25) is 5.02 Å². The Morgan fingerprint density at radius 2 is 2.06 bits per heavy atom. The number of hydrogen-bond donors (Lipinski definition) is 1. The van der Waals surface area contributed by atoms with Crippen LogP contribution in [0.4, 0.5) is 0 Å². The van der Waals surface area contributed by atoms with Crippen molar-refractivity contribution in [2.24, 2.45) is 5.73 Å². The van der Waals surface area contributed by atoms with E-state index >= 15 is 0 Å². The Morgan fingerprint density at radius 1 is 1.33 bits per heavy atom. The van der Waals surface area contributed by atoms with E-state index in [0.717, 1.165) is 5.56 Å². The van der Waals surface area contributed by atoms with Crippen molar-refractivity contribution in [3.8, 4) is 5.75 Å². The van der Waals surface area contributed by atoms with Crippen LogP contribution < -0.4 is 10.5 Å². The van der Waals surface area contributed by atoms with E-state index in [1.54, 1.807) is 31.6 Å². The molecular formula is C13H14ClN3O. The summed E-state index contributed by atoms with van der Waals surface area (Å²) in [5, 5.41) is 0.609. The van der Waals surface area contributed by atoms with E-state index in [1.807, 2.05) is 12.1 Å². The highest BCUT2D eigenvalue weighted by Gasteiger charge is 2.18. The first-order chi connectivity index (χ1) is 8.76. The average molecular weight is 264 g/mol. The third-order valence-electron chi connectivity index (χ3n) is 2.72. The predicted octanol–water partition coefficient (Wildman–Crippen LogP) is 2.23. The van der Waals surface area contributed by atoms with E-state index in [9.17, 15) is 0 Å². The van der Waals surface area contributed by atoms with Gasteiger partial charge in [0, 0.05) is 24.0 Å². The van der Waals surface area contributed by atoms with Gasteiger partial charge in [0.15, 0.2) is 0 Å². The highest BCUT2D eigenvalue weighted by Crippen LogP contribution is 2.30. The molecule has 94 valence electrons. The lowest BCUT2D eigenvalue weighted by Crippen LogP contribution is -2.16. The van der Waals surface area contributed by atoms with Gasteiger partial charge in [-0.05, 0) is 23.8 Å². The number of nitrogens with zero attached hydrogens (tertiary/aromatic N) is 2. The standard InChI is InChI=1S/C13H14ClN3O/c1-18-9-3-4-10(12(14)7-9)11(8-15)13-16-5-2-6-17-13/h2-7,11H,8,15H2,1H3. The van der Waals surface area contributed by atoms with E-state index in [1.165, 1.54) is 0 Å². The zero-order chi connectivity index (χ0) is 13.0. The predicted molar refractivity (Wildman–Crippen MR) is 70.9 cm³/mol. The number of ether oxygens (including phenoxy) is 1. The molecule has 0 aliphatic rings. The van der Waals surface area contributed by atoms with Crippen LogP contribution in [-0.2, 0) is 0 Å². The van der Waals surface area contributed by atoms with Crippen LogP contribution in [0.3, 0.4) is 0 Å². The van der Waals surface area contributed by atoms with E-state index < -0.39 is 0 Å². The number of hydrogen-bond acceptors (Lipinski definition) is 4. The number of nitrogens with two attached hydrogens (primary N) is 1. The second-order valence-electron chi connectivity index (χ2n) is 3.78. The Balaban J connectivity index is 2.39. The van der Waals surface area contributed by atoms with Gasteiger partial charge in [-0.25, -0.2) is 9.97 Å². The van der Waals surface area contributed by atoms with Crippen LogP contribution in [0.5, 0.6) is 5.75 Å². The van der Waals surface area contributed by atoms with Crippen LogP contribution in [-0.4, -0.2) is 23.6 Å². The van der Waals surface area contributed by atoms with E-state index in [4.69, 9.17) is 22.1 Å². The number of benzene rings is 1. The maximum absolute atomic E-state index is 6.24. The van der Waals surface area contributed by atoms with Gasteiger partial charge in [0.2, 0.25) is 0 Å². The van der Waals surface area contributed by atoms with Crippen molar-refractivity contribution >= 4 is 11.6 Å². The van der Waals surface area contributed by atoms with Crippen LogP contribution in [0.15, 0.2) is 36.7 Å². The summed E-state index contributed by atoms with van der Waals surface area (Å²) < 4.78 is 5.12. The van der Waals surface area contributed by atoms with Gasteiger partial charge in [-0.3, -0.25) is 0 Å². The average Bonchev–Trinajstić information content (AvgIpc) is 2.42. The SMILES string of the molecule is COc1ccc(C(CN)c2ncccn2)c(Cl)c1. The van der Waals surface area contributed by atoms with Crippen molar-refractivity contribution in [3.05, 3.63) is 53.1 Å². The minimum atomic E-state index is -0.107. The molecule has 0 fully saturated rings. The third kappa shape index (κ3) is 2.60. The van der Waals surface area contributed by atoms with Gasteiger partial charge in [-0.15, -0.1) is 0 Å². The smallest absolute Gasteiger partial charge is 0.136 e. The molecule has 1 unspecified atom stereocenters. The Bertz CT molecular complexity index is 519. The molecule has 1 atom stereocenters. The van der Waals surface area contributed by atoms with Gasteiger partial charge in [0.25, 0.3) is 0 Å². The summed E-state index contributed by atoms with van der Waals surface area (Å²) in [5.74, 6) is 1.28. The summed E-state index contributed by atoms with van der Waals surface area (Å²) >= 11 is 6.24. The van der Waals surface area contributed by atoms with Gasteiger partial charge < -0.3 is 10.5 Å². The molecule has 1 aromatic heterocycles. The molecule has 5 heteroatoms. The van der Waals surface area contributed by atoms with Gasteiger partial charge >= 0.3 is 0 Å². The van der Waals surface area contributed by atoms with Gasteiger partial charge in [0.05, 0.1) is 13.0 Å². The molecule has 0 spiro atoms. The summed E-state index contributed by atoms with van der Waals surface area (Å²) in [7, 11) is 1.60. The number of rotatable bonds is 4. The molecule has 0 aliphatic carbocycles. The van der Waals surface area contributed by atoms with Crippen molar-refractivity contribution < 1.29 is 4.74 Å². The molecule has 0 saturated carbocycles. The molecule has 2 N–H and O–H groups in total. The maximum Gasteiger partial charge on any atom is 0.136 e. The summed E-state index contributed by atoms with van der Waals surface area (Å²) in [6.45, 7) is 0.399. The fourth-order valence-electron chi connectivity index (χ4n) is 1.78. The fraction of sp³-hybridized carbons (Fsp3) is 0.231. The van der Waals surface area contributed by atoms with Crippen molar-refractivity contribution in [2.75, 3.05) is 13.7 Å². The molecule has 0 saturated heterocycles. The Labute approximate surface area is 111 Å². The molecule has 1 aromatic carbocycles. The lowest BCUT2D eigenvalue weighted by Gasteiger charge is -2.15. The van der Waals surface area contributed by atoms with Crippen molar-refractivity contribution in [1.29, 1.82) is 0 Å². The Hall–Kier alpha value is -1.65. The van der Waals surface area contributed by atoms with E-state index in [2.05, 4.69) is 9.97 Å². The lowest BCUT2D eigenvalue weighted by atomic mass is 9.98. The van der Waals surface area contributed by atoms with E-state index in [-0.39, 0.29) is 5.92 Å². The summed E-state index contributed by atoms with van der Waals surface area (Å²) in [6, 6.07) is 7.29. The lowest BCUT2D eigenvalue weighted by molar-refractivity contribution is 0.414. The zero-order valence-corrected chi connectivity index (χ0v) is 10.8. The second-order valence-corrected chi connectivity index (χ2v) is 4.19. The highest BCUT2D eigenvalue weighted by molar-refractivity contribution is 6.31. The van der Waals surface area contributed by atoms with Crippen molar-refractivity contribution in [2.45, 2.75) is 5.92 Å². The zero-order valence-electron chi connectivity index (χ0n) is 10.0. The minimum absolute atomic E-state index is 0.107. The topological polar surface area (TPSA) is 61.0 Å². The number of methoxy groups -OCH3 is 1. The first-order valence-electron chi connectivity index (χ1n) is 5.56. The summed E-state index contributed by atoms with van der Waals surface area (Å²) in [5.41, 5.74) is 6.71. The maximum atomic E-state index is 6.24. The molecule has 0 radical (unpaired) electrons. The normalized spacial score (nSPS) is 12.2. The molecule has 0 amide bonds. The summed E-state index contributed by atoms with van der Waals surface area (Å²) in [4.78, 5) is 8.46. The summed E-state index contributed by atoms with van der Waals surface area (Å²) in [6.07, 6.45) is 3.39. The molecule has 0 aliphatic heterocycles. The third-order valence-corrected chi connectivity index (χ3v) is 3.04. The fourth-order valence-corrected chi connectivity index (χ4v) is 2.08. The van der Waals surface area contributed by atoms with E-state index in [0.29, 0.717) is 23.1 Å². The van der Waals surface area contributed by atoms with Gasteiger partial charge in [-0.1, -0.05) is 17.7 Å². The van der Waals surface area contributed by atoms with Crippen LogP contribution >= 0.6 is 11.6 Å². The molecular weight excluding hydrogens is 250 g/mol. The van der Waals surface area contributed by atoms with Crippen LogP contribution in [0.25, 0.3) is 0 Å². The quantitative estimate of drug-likeness (QED) is 0.919. The molecule has 2 aromatic rings. The first kappa shape index (κ1) is 12.8.